The van der Waals surface area contributed by atoms with Crippen molar-refractivity contribution in [2.45, 2.75) is 31.4 Å². The van der Waals surface area contributed by atoms with E-state index in [9.17, 15) is 5.11 Å². The first-order chi connectivity index (χ1) is 6.14. The second kappa shape index (κ2) is 5.20. The maximum absolute atomic E-state index is 9.53. The van der Waals surface area contributed by atoms with Crippen LogP contribution in [0.15, 0.2) is 0 Å². The standard InChI is InChI=1S/C9H19NO2S/c1-9(12,7-11)6-10-8-3-2-4-13-5-8/h8,10-12H,2-7H2,1H3. The van der Waals surface area contributed by atoms with Gasteiger partial charge in [-0.05, 0) is 25.5 Å². The van der Waals surface area contributed by atoms with Crippen molar-refractivity contribution in [3.63, 3.8) is 0 Å². The number of hydrogen-bond acceptors (Lipinski definition) is 4. The first-order valence-electron chi connectivity index (χ1n) is 4.78. The molecule has 1 aliphatic rings. The van der Waals surface area contributed by atoms with Gasteiger partial charge in [-0.15, -0.1) is 0 Å². The van der Waals surface area contributed by atoms with Crippen LogP contribution in [0.25, 0.3) is 0 Å². The van der Waals surface area contributed by atoms with Crippen molar-refractivity contribution >= 4 is 11.8 Å². The molecular weight excluding hydrogens is 186 g/mol. The van der Waals surface area contributed by atoms with Crippen LogP contribution in [0.5, 0.6) is 0 Å². The molecule has 1 saturated heterocycles. The molecule has 0 spiro atoms. The molecule has 0 bridgehead atoms. The fraction of sp³-hybridized carbons (Fsp3) is 1.00. The lowest BCUT2D eigenvalue weighted by molar-refractivity contribution is 0.000990. The summed E-state index contributed by atoms with van der Waals surface area (Å²) in [5.74, 6) is 2.39. The highest BCUT2D eigenvalue weighted by molar-refractivity contribution is 7.99. The number of nitrogens with one attached hydrogen (secondary N) is 1. The quantitative estimate of drug-likeness (QED) is 0.614. The van der Waals surface area contributed by atoms with Gasteiger partial charge in [0.05, 0.1) is 12.2 Å². The molecule has 1 aliphatic heterocycles. The van der Waals surface area contributed by atoms with Crippen molar-refractivity contribution in [3.05, 3.63) is 0 Å². The van der Waals surface area contributed by atoms with Gasteiger partial charge in [-0.3, -0.25) is 0 Å². The Morgan fingerprint density at radius 2 is 2.38 bits per heavy atom. The van der Waals surface area contributed by atoms with Gasteiger partial charge in [0, 0.05) is 18.3 Å². The van der Waals surface area contributed by atoms with Gasteiger partial charge in [0.2, 0.25) is 0 Å². The van der Waals surface area contributed by atoms with Gasteiger partial charge in [-0.2, -0.15) is 11.8 Å². The Balaban J connectivity index is 2.17. The van der Waals surface area contributed by atoms with Crippen molar-refractivity contribution in [2.24, 2.45) is 0 Å². The van der Waals surface area contributed by atoms with Crippen LogP contribution in [0.3, 0.4) is 0 Å². The maximum Gasteiger partial charge on any atom is 0.0972 e. The highest BCUT2D eigenvalue weighted by Gasteiger charge is 2.21. The van der Waals surface area contributed by atoms with Gasteiger partial charge >= 0.3 is 0 Å². The van der Waals surface area contributed by atoms with Gasteiger partial charge < -0.3 is 15.5 Å². The van der Waals surface area contributed by atoms with E-state index in [1.807, 2.05) is 11.8 Å². The zero-order chi connectivity index (χ0) is 9.73. The molecule has 1 fully saturated rings. The van der Waals surface area contributed by atoms with E-state index in [0.29, 0.717) is 12.6 Å². The molecule has 0 saturated carbocycles. The summed E-state index contributed by atoms with van der Waals surface area (Å²) in [5.41, 5.74) is -0.970. The van der Waals surface area contributed by atoms with Crippen LogP contribution in [0.4, 0.5) is 0 Å². The topological polar surface area (TPSA) is 52.5 Å². The van der Waals surface area contributed by atoms with Gasteiger partial charge in [0.15, 0.2) is 0 Å². The van der Waals surface area contributed by atoms with E-state index in [1.165, 1.54) is 18.6 Å². The van der Waals surface area contributed by atoms with Crippen molar-refractivity contribution in [2.75, 3.05) is 24.7 Å². The molecule has 3 nitrogen and oxygen atoms in total. The second-order valence-corrected chi connectivity index (χ2v) is 5.10. The molecule has 0 radical (unpaired) electrons. The number of rotatable bonds is 4. The molecule has 3 N–H and O–H groups in total. The Morgan fingerprint density at radius 3 is 2.92 bits per heavy atom. The monoisotopic (exact) mass is 205 g/mol. The van der Waals surface area contributed by atoms with Crippen LogP contribution >= 0.6 is 11.8 Å². The van der Waals surface area contributed by atoms with Crippen molar-refractivity contribution < 1.29 is 10.2 Å². The van der Waals surface area contributed by atoms with Crippen LogP contribution in [-0.2, 0) is 0 Å². The van der Waals surface area contributed by atoms with E-state index in [1.54, 1.807) is 6.92 Å². The summed E-state index contributed by atoms with van der Waals surface area (Å²) >= 11 is 1.95. The molecule has 0 aromatic rings. The van der Waals surface area contributed by atoms with Crippen LogP contribution in [0.1, 0.15) is 19.8 Å². The van der Waals surface area contributed by atoms with E-state index in [4.69, 9.17) is 5.11 Å². The van der Waals surface area contributed by atoms with E-state index in [2.05, 4.69) is 5.32 Å². The molecule has 0 aliphatic carbocycles. The molecule has 4 heteroatoms. The molecule has 0 amide bonds. The van der Waals surface area contributed by atoms with Crippen molar-refractivity contribution in [1.29, 1.82) is 0 Å². The van der Waals surface area contributed by atoms with E-state index in [0.717, 1.165) is 5.75 Å². The molecule has 1 rings (SSSR count). The Bertz CT molecular complexity index is 147. The normalized spacial score (nSPS) is 28.4. The third-order valence-electron chi connectivity index (χ3n) is 2.27. The van der Waals surface area contributed by atoms with Gasteiger partial charge in [0.1, 0.15) is 0 Å². The summed E-state index contributed by atoms with van der Waals surface area (Å²) in [7, 11) is 0. The van der Waals surface area contributed by atoms with Gasteiger partial charge in [-0.1, -0.05) is 0 Å². The molecule has 0 aromatic heterocycles. The molecule has 13 heavy (non-hydrogen) atoms. The predicted octanol–water partition coefficient (Wildman–Crippen LogP) is 0.215. The Kier molecular flexibility index (Phi) is 4.52. The SMILES string of the molecule is CC(O)(CO)CNC1CCCSC1. The lowest BCUT2D eigenvalue weighted by Gasteiger charge is -2.27. The first-order valence-corrected chi connectivity index (χ1v) is 5.94. The molecule has 78 valence electrons. The molecule has 1 heterocycles. The summed E-state index contributed by atoms with van der Waals surface area (Å²) in [6.45, 7) is 1.95. The third-order valence-corrected chi connectivity index (χ3v) is 3.49. The summed E-state index contributed by atoms with van der Waals surface area (Å²) < 4.78 is 0. The van der Waals surface area contributed by atoms with E-state index < -0.39 is 5.60 Å². The molecule has 2 unspecified atom stereocenters. The highest BCUT2D eigenvalue weighted by atomic mass is 32.2. The second-order valence-electron chi connectivity index (χ2n) is 3.95. The average Bonchev–Trinajstić information content (AvgIpc) is 2.17. The van der Waals surface area contributed by atoms with Crippen molar-refractivity contribution in [3.8, 4) is 0 Å². The zero-order valence-electron chi connectivity index (χ0n) is 8.12. The summed E-state index contributed by atoms with van der Waals surface area (Å²) in [6.07, 6.45) is 2.44. The number of aliphatic hydroxyl groups is 2. The smallest absolute Gasteiger partial charge is 0.0972 e. The largest absolute Gasteiger partial charge is 0.393 e. The van der Waals surface area contributed by atoms with Gasteiger partial charge in [-0.25, -0.2) is 0 Å². The number of hydrogen-bond donors (Lipinski definition) is 3. The highest BCUT2D eigenvalue weighted by Crippen LogP contribution is 2.17. The number of thioether (sulfide) groups is 1. The summed E-state index contributed by atoms with van der Waals surface area (Å²) in [4.78, 5) is 0. The minimum absolute atomic E-state index is 0.181. The van der Waals surface area contributed by atoms with Crippen LogP contribution in [0, 0.1) is 0 Å². The van der Waals surface area contributed by atoms with Crippen LogP contribution in [-0.4, -0.2) is 46.5 Å². The minimum atomic E-state index is -0.970. The maximum atomic E-state index is 9.53. The average molecular weight is 205 g/mol. The number of aliphatic hydroxyl groups excluding tert-OH is 1. The first kappa shape index (κ1) is 11.3. The summed E-state index contributed by atoms with van der Waals surface area (Å²) in [6, 6.07) is 0.511. The lowest BCUT2D eigenvalue weighted by Crippen LogP contribution is -2.46. The minimum Gasteiger partial charge on any atom is -0.393 e. The lowest BCUT2D eigenvalue weighted by atomic mass is 10.1. The Morgan fingerprint density at radius 1 is 1.62 bits per heavy atom. The van der Waals surface area contributed by atoms with Crippen LogP contribution < -0.4 is 5.32 Å². The third kappa shape index (κ3) is 4.31. The van der Waals surface area contributed by atoms with Crippen LogP contribution in [0.2, 0.25) is 0 Å². The van der Waals surface area contributed by atoms with Crippen molar-refractivity contribution in [1.82, 2.24) is 5.32 Å². The fourth-order valence-electron chi connectivity index (χ4n) is 1.32. The summed E-state index contributed by atoms with van der Waals surface area (Å²) in [5, 5.41) is 21.6. The predicted molar refractivity (Wildman–Crippen MR) is 56.1 cm³/mol. The zero-order valence-corrected chi connectivity index (χ0v) is 8.94. The Labute approximate surface area is 83.9 Å². The molecule has 2 atom stereocenters. The molecule has 0 aromatic carbocycles. The fourth-order valence-corrected chi connectivity index (χ4v) is 2.43. The van der Waals surface area contributed by atoms with E-state index in [-0.39, 0.29) is 6.61 Å². The Hall–Kier alpha value is 0.230. The van der Waals surface area contributed by atoms with E-state index >= 15 is 0 Å². The van der Waals surface area contributed by atoms with Gasteiger partial charge in [0.25, 0.3) is 0 Å². The molecular formula is C9H19NO2S.